The summed E-state index contributed by atoms with van der Waals surface area (Å²) >= 11 is 6.75. The quantitative estimate of drug-likeness (QED) is 0.153. The van der Waals surface area contributed by atoms with E-state index < -0.39 is 5.79 Å². The number of rotatable bonds is 8. The number of halogens is 1. The van der Waals surface area contributed by atoms with Gasteiger partial charge >= 0.3 is 0 Å². The Labute approximate surface area is 283 Å². The number of nitrogens with zero attached hydrogens (tertiary/aromatic N) is 5. The van der Waals surface area contributed by atoms with E-state index in [2.05, 4.69) is 14.5 Å². The van der Waals surface area contributed by atoms with Crippen LogP contribution in [0.3, 0.4) is 0 Å². The van der Waals surface area contributed by atoms with Crippen molar-refractivity contribution < 1.29 is 18.9 Å². The molecule has 0 amide bonds. The molecule has 3 aromatic carbocycles. The third-order valence-electron chi connectivity index (χ3n) is 9.08. The summed E-state index contributed by atoms with van der Waals surface area (Å²) in [7, 11) is 1.62. The van der Waals surface area contributed by atoms with Crippen LogP contribution in [0.5, 0.6) is 11.6 Å². The lowest BCUT2D eigenvalue weighted by atomic mass is 10.0. The van der Waals surface area contributed by atoms with Crippen LogP contribution in [0.15, 0.2) is 109 Å². The molecule has 2 fully saturated rings. The number of ether oxygens (including phenoxy) is 4. The largest absolute Gasteiger partial charge is 0.493 e. The lowest BCUT2D eigenvalue weighted by Crippen LogP contribution is -2.29. The van der Waals surface area contributed by atoms with Gasteiger partial charge in [0.15, 0.2) is 11.6 Å². The van der Waals surface area contributed by atoms with Gasteiger partial charge in [0.25, 0.3) is 0 Å². The Morgan fingerprint density at radius 2 is 1.67 bits per heavy atom. The highest BCUT2D eigenvalue weighted by atomic mass is 35.5. The second-order valence-electron chi connectivity index (χ2n) is 12.6. The zero-order valence-electron chi connectivity index (χ0n) is 26.8. The maximum absolute atomic E-state index is 6.75. The van der Waals surface area contributed by atoms with Gasteiger partial charge in [-0.25, -0.2) is 19.9 Å². The van der Waals surface area contributed by atoms with E-state index in [0.29, 0.717) is 29.1 Å². The van der Waals surface area contributed by atoms with E-state index >= 15 is 0 Å². The molecule has 1 aliphatic heterocycles. The Hall–Kier alpha value is -4.83. The minimum Gasteiger partial charge on any atom is -0.493 e. The van der Waals surface area contributed by atoms with Crippen molar-refractivity contribution in [1.82, 2.24) is 19.5 Å². The van der Waals surface area contributed by atoms with Crippen LogP contribution in [-0.4, -0.2) is 56.9 Å². The van der Waals surface area contributed by atoms with Crippen LogP contribution >= 0.6 is 11.6 Å². The summed E-state index contributed by atoms with van der Waals surface area (Å²) in [6, 6.07) is 29.9. The molecule has 8 rings (SSSR count). The van der Waals surface area contributed by atoms with Gasteiger partial charge in [0, 0.05) is 34.7 Å². The number of benzene rings is 3. The van der Waals surface area contributed by atoms with Crippen LogP contribution < -0.4 is 9.47 Å². The zero-order chi connectivity index (χ0) is 32.8. The van der Waals surface area contributed by atoms with Gasteiger partial charge in [-0.1, -0.05) is 72.3 Å². The molecule has 4 heterocycles. The number of methoxy groups -OCH3 is 1. The molecule has 10 heteroatoms. The fourth-order valence-corrected chi connectivity index (χ4v) is 7.15. The Kier molecular flexibility index (Phi) is 7.83. The molecule has 48 heavy (non-hydrogen) atoms. The third kappa shape index (κ3) is 5.68. The molecule has 3 aromatic heterocycles. The summed E-state index contributed by atoms with van der Waals surface area (Å²) < 4.78 is 27.0. The van der Waals surface area contributed by atoms with Crippen molar-refractivity contribution >= 4 is 45.1 Å². The Morgan fingerprint density at radius 1 is 0.938 bits per heavy atom. The molecule has 4 atom stereocenters. The van der Waals surface area contributed by atoms with Gasteiger partial charge in [-0.05, 0) is 44.5 Å². The van der Waals surface area contributed by atoms with E-state index in [0.717, 1.165) is 45.2 Å². The molecule has 242 valence electrons. The SMILES string of the molecule is COc1ncnc2c1ccn2[C@@H]1C[C@H](COc2ccc3cc(Cl)c(N=C(c4ccccc4)c4ccccc4)nc3c2)[C@H]2OC(C)(C)O[C@H]21. The molecule has 0 spiro atoms. The van der Waals surface area contributed by atoms with Crippen molar-refractivity contribution in [2.75, 3.05) is 13.7 Å². The van der Waals surface area contributed by atoms with Crippen LogP contribution in [0.4, 0.5) is 5.82 Å². The number of hydrogen-bond acceptors (Lipinski definition) is 8. The standard InChI is InChI=1S/C38H34ClN5O4/c1-38(2)47-33-26(19-31(34(33)48-38)44-17-16-28-36(44)40-22-41-37(28)45-3)21-46-27-15-14-25-18-29(39)35(42-30(25)20-27)43-32(23-10-6-4-7-11-23)24-12-8-5-9-13-24/h4-18,20,22,26,31,33-34H,19,21H2,1-3H3/t26-,31-,33-,34+/m1/s1. The fraction of sp³-hybridized carbons (Fsp3) is 0.263. The lowest BCUT2D eigenvalue weighted by molar-refractivity contribution is -0.161. The summed E-state index contributed by atoms with van der Waals surface area (Å²) in [5.74, 6) is 1.08. The molecule has 0 bridgehead atoms. The first kappa shape index (κ1) is 30.5. The molecular formula is C38H34ClN5O4. The number of fused-ring (bicyclic) bond motifs is 3. The predicted molar refractivity (Wildman–Crippen MR) is 185 cm³/mol. The smallest absolute Gasteiger partial charge is 0.225 e. The van der Waals surface area contributed by atoms with E-state index in [1.54, 1.807) is 7.11 Å². The molecule has 0 N–H and O–H groups in total. The number of aromatic nitrogens is 4. The summed E-state index contributed by atoms with van der Waals surface area (Å²) in [6.07, 6.45) is 4.06. The highest BCUT2D eigenvalue weighted by molar-refractivity contribution is 6.33. The first-order valence-corrected chi connectivity index (χ1v) is 16.4. The second-order valence-corrected chi connectivity index (χ2v) is 13.0. The first-order valence-electron chi connectivity index (χ1n) is 16.0. The van der Waals surface area contributed by atoms with Gasteiger partial charge in [0.05, 0.1) is 47.5 Å². The van der Waals surface area contributed by atoms with Gasteiger partial charge in [-0.2, -0.15) is 0 Å². The molecule has 9 nitrogen and oxygen atoms in total. The molecular weight excluding hydrogens is 626 g/mol. The minimum absolute atomic E-state index is 0.00624. The van der Waals surface area contributed by atoms with Crippen molar-refractivity contribution in [1.29, 1.82) is 0 Å². The molecule has 0 radical (unpaired) electrons. The summed E-state index contributed by atoms with van der Waals surface area (Å²) in [5.41, 5.74) is 4.30. The molecule has 1 saturated heterocycles. The maximum Gasteiger partial charge on any atom is 0.225 e. The van der Waals surface area contributed by atoms with Crippen molar-refractivity contribution in [3.8, 4) is 11.6 Å². The molecule has 1 saturated carbocycles. The first-order chi connectivity index (χ1) is 23.4. The Balaban J connectivity index is 1.07. The van der Waals surface area contributed by atoms with E-state index in [9.17, 15) is 0 Å². The van der Waals surface area contributed by atoms with Crippen molar-refractivity contribution in [3.63, 3.8) is 0 Å². The fourth-order valence-electron chi connectivity index (χ4n) is 6.95. The van der Waals surface area contributed by atoms with Crippen LogP contribution in [-0.2, 0) is 9.47 Å². The number of pyridine rings is 1. The van der Waals surface area contributed by atoms with Crippen molar-refractivity contribution in [2.24, 2.45) is 10.9 Å². The van der Waals surface area contributed by atoms with Crippen LogP contribution in [0.25, 0.3) is 21.9 Å². The average molecular weight is 660 g/mol. The third-order valence-corrected chi connectivity index (χ3v) is 9.35. The molecule has 6 aromatic rings. The van der Waals surface area contributed by atoms with E-state index in [1.165, 1.54) is 6.33 Å². The van der Waals surface area contributed by atoms with Crippen LogP contribution in [0, 0.1) is 5.92 Å². The van der Waals surface area contributed by atoms with Crippen molar-refractivity contribution in [3.05, 3.63) is 120 Å². The van der Waals surface area contributed by atoms with Gasteiger partial charge < -0.3 is 23.5 Å². The normalized spacial score (nSPS) is 21.3. The predicted octanol–water partition coefficient (Wildman–Crippen LogP) is 7.97. The summed E-state index contributed by atoms with van der Waals surface area (Å²) in [5, 5.41) is 2.24. The summed E-state index contributed by atoms with van der Waals surface area (Å²) in [6.45, 7) is 4.37. The highest BCUT2D eigenvalue weighted by Crippen LogP contribution is 2.48. The Bertz CT molecular complexity index is 2090. The molecule has 0 unspecified atom stereocenters. The number of hydrogen-bond donors (Lipinski definition) is 0. The molecule has 2 aliphatic rings. The van der Waals surface area contributed by atoms with E-state index in [-0.39, 0.29) is 24.2 Å². The second kappa shape index (κ2) is 12.3. The van der Waals surface area contributed by atoms with Gasteiger partial charge in [0.1, 0.15) is 23.8 Å². The Morgan fingerprint density at radius 3 is 2.40 bits per heavy atom. The van der Waals surface area contributed by atoms with Crippen molar-refractivity contribution in [2.45, 2.75) is 44.3 Å². The van der Waals surface area contributed by atoms with Crippen LogP contribution in [0.1, 0.15) is 37.4 Å². The average Bonchev–Trinajstić information content (AvgIpc) is 3.77. The topological polar surface area (TPSA) is 92.9 Å². The zero-order valence-corrected chi connectivity index (χ0v) is 27.5. The lowest BCUT2D eigenvalue weighted by Gasteiger charge is -2.24. The minimum atomic E-state index is -0.705. The van der Waals surface area contributed by atoms with Gasteiger partial charge in [-0.15, -0.1) is 0 Å². The van der Waals surface area contributed by atoms with E-state index in [1.807, 2.05) is 111 Å². The number of aliphatic imine (C=N–C) groups is 1. The maximum atomic E-state index is 6.75. The monoisotopic (exact) mass is 659 g/mol. The summed E-state index contributed by atoms with van der Waals surface area (Å²) in [4.78, 5) is 18.7. The van der Waals surface area contributed by atoms with Crippen LogP contribution in [0.2, 0.25) is 5.02 Å². The van der Waals surface area contributed by atoms with E-state index in [4.69, 9.17) is 40.5 Å². The highest BCUT2D eigenvalue weighted by Gasteiger charge is 2.55. The van der Waals surface area contributed by atoms with Gasteiger partial charge in [-0.3, -0.25) is 0 Å². The van der Waals surface area contributed by atoms with Gasteiger partial charge in [0.2, 0.25) is 5.88 Å². The molecule has 1 aliphatic carbocycles.